The van der Waals surface area contributed by atoms with E-state index in [1.807, 2.05) is 72.0 Å². The van der Waals surface area contributed by atoms with Crippen molar-refractivity contribution in [2.75, 3.05) is 12.0 Å². The summed E-state index contributed by atoms with van der Waals surface area (Å²) in [6, 6.07) is 13.3. The number of aryl methyl sites for hydroxylation is 1. The molecule has 3 saturated carbocycles. The normalized spacial score (nSPS) is 17.1. The molecule has 3 N–H and O–H groups in total. The first-order valence-electron chi connectivity index (χ1n) is 17.5. The monoisotopic (exact) mass is 897 g/mol. The number of hydrogen-bond donors (Lipinski definition) is 3. The van der Waals surface area contributed by atoms with E-state index in [1.165, 1.54) is 0 Å². The molecule has 17 heteroatoms. The van der Waals surface area contributed by atoms with Crippen LogP contribution in [-0.2, 0) is 16.0 Å². The van der Waals surface area contributed by atoms with Crippen LogP contribution in [0.4, 0.5) is 32.2 Å². The van der Waals surface area contributed by atoms with E-state index in [1.54, 1.807) is 12.4 Å². The Hall–Kier alpha value is -4.36. The van der Waals surface area contributed by atoms with Crippen molar-refractivity contribution in [2.24, 2.45) is 5.92 Å². The third kappa shape index (κ3) is 8.34. The SMILES string of the molecule is C.Cc1ncc(-c2nc3cc(C4(O)CCC4)ccc3o2)c2cc(NC(=O)C3CC3)ncc12.FCC(F)(F)C(F)(F)F.OC1(c2ccc3oc(I)nc3c2)CCC1. The summed E-state index contributed by atoms with van der Waals surface area (Å²) in [6.07, 6.45) is 4.99. The molecule has 0 saturated heterocycles. The molecule has 56 heavy (non-hydrogen) atoms. The smallest absolute Gasteiger partial charge is 0.436 e. The van der Waals surface area contributed by atoms with Crippen LogP contribution in [0.25, 0.3) is 44.4 Å². The Morgan fingerprint density at radius 3 is 1.93 bits per heavy atom. The highest BCUT2D eigenvalue weighted by Crippen LogP contribution is 2.43. The largest absolute Gasteiger partial charge is 0.456 e. The van der Waals surface area contributed by atoms with E-state index in [2.05, 4.69) is 20.3 Å². The van der Waals surface area contributed by atoms with Crippen molar-refractivity contribution in [2.45, 2.75) is 89.0 Å². The molecule has 4 aromatic heterocycles. The zero-order valence-corrected chi connectivity index (χ0v) is 31.3. The van der Waals surface area contributed by atoms with Crippen molar-refractivity contribution in [3.63, 3.8) is 0 Å². The summed E-state index contributed by atoms with van der Waals surface area (Å²) in [7, 11) is 0. The van der Waals surface area contributed by atoms with Crippen LogP contribution in [0.3, 0.4) is 0 Å². The predicted molar refractivity (Wildman–Crippen MR) is 205 cm³/mol. The molecular formula is C39H38F6IN5O5. The highest BCUT2D eigenvalue weighted by atomic mass is 127. The number of oxazole rings is 2. The number of pyridine rings is 2. The fraction of sp³-hybridized carbons (Fsp3) is 0.410. The summed E-state index contributed by atoms with van der Waals surface area (Å²) in [5.41, 5.74) is 5.05. The molecule has 0 unspecified atom stereocenters. The minimum atomic E-state index is -5.76. The number of nitrogens with one attached hydrogen (secondary N) is 1. The molecule has 3 aliphatic carbocycles. The molecule has 1 amide bonds. The van der Waals surface area contributed by atoms with Crippen LogP contribution in [-0.4, -0.2) is 54.8 Å². The Kier molecular flexibility index (Phi) is 11.4. The van der Waals surface area contributed by atoms with Gasteiger partial charge in [-0.15, -0.1) is 0 Å². The lowest BCUT2D eigenvalue weighted by Gasteiger charge is -2.36. The molecule has 298 valence electrons. The Morgan fingerprint density at radius 2 is 1.43 bits per heavy atom. The van der Waals surface area contributed by atoms with Crippen molar-refractivity contribution in [1.29, 1.82) is 0 Å². The number of benzene rings is 2. The molecule has 2 aromatic carbocycles. The molecule has 3 fully saturated rings. The number of alkyl halides is 6. The minimum absolute atomic E-state index is 0. The van der Waals surface area contributed by atoms with Gasteiger partial charge in [-0.3, -0.25) is 9.78 Å². The van der Waals surface area contributed by atoms with Crippen molar-refractivity contribution in [3.05, 3.63) is 75.6 Å². The van der Waals surface area contributed by atoms with E-state index in [-0.39, 0.29) is 19.3 Å². The second kappa shape index (κ2) is 15.5. The van der Waals surface area contributed by atoms with Crippen LogP contribution in [0, 0.1) is 16.7 Å². The number of aliphatic hydroxyl groups is 2. The van der Waals surface area contributed by atoms with Gasteiger partial charge in [0.15, 0.2) is 17.8 Å². The molecule has 3 aliphatic rings. The Balaban J connectivity index is 0.000000176. The van der Waals surface area contributed by atoms with Gasteiger partial charge in [-0.05, 0) is 99.7 Å². The molecule has 9 rings (SSSR count). The zero-order valence-electron chi connectivity index (χ0n) is 29.2. The Labute approximate surface area is 330 Å². The third-order valence-corrected chi connectivity index (χ3v) is 10.6. The molecule has 0 spiro atoms. The van der Waals surface area contributed by atoms with Crippen molar-refractivity contribution < 1.29 is 50.2 Å². The van der Waals surface area contributed by atoms with Crippen molar-refractivity contribution in [1.82, 2.24) is 19.9 Å². The Bertz CT molecular complexity index is 2390. The number of halogens is 7. The second-order valence-electron chi connectivity index (χ2n) is 14.1. The second-order valence-corrected chi connectivity index (χ2v) is 15.0. The van der Waals surface area contributed by atoms with Gasteiger partial charge >= 0.3 is 12.1 Å². The van der Waals surface area contributed by atoms with Crippen LogP contribution < -0.4 is 5.32 Å². The predicted octanol–water partition coefficient (Wildman–Crippen LogP) is 10.1. The molecule has 0 aliphatic heterocycles. The molecule has 10 nitrogen and oxygen atoms in total. The molecular weight excluding hydrogens is 859 g/mol. The van der Waals surface area contributed by atoms with E-state index in [0.717, 1.165) is 95.6 Å². The maximum Gasteiger partial charge on any atom is 0.456 e. The lowest BCUT2D eigenvalue weighted by atomic mass is 9.75. The average molecular weight is 898 g/mol. The highest BCUT2D eigenvalue weighted by Gasteiger charge is 2.57. The van der Waals surface area contributed by atoms with Gasteiger partial charge in [0.05, 0.1) is 16.8 Å². The number of rotatable bonds is 6. The van der Waals surface area contributed by atoms with Crippen LogP contribution in [0.2, 0.25) is 0 Å². The lowest BCUT2D eigenvalue weighted by Crippen LogP contribution is -2.38. The van der Waals surface area contributed by atoms with E-state index >= 15 is 0 Å². The summed E-state index contributed by atoms with van der Waals surface area (Å²) in [5, 5.41) is 25.5. The van der Waals surface area contributed by atoms with Gasteiger partial charge < -0.3 is 24.4 Å². The number of carbonyl (C=O) groups is 1. The van der Waals surface area contributed by atoms with Gasteiger partial charge in [-0.1, -0.05) is 19.6 Å². The van der Waals surface area contributed by atoms with Gasteiger partial charge in [-0.2, -0.15) is 22.0 Å². The number of aromatic nitrogens is 4. The molecule has 0 bridgehead atoms. The topological polar surface area (TPSA) is 147 Å². The number of hydrogen-bond acceptors (Lipinski definition) is 9. The number of fused-ring (bicyclic) bond motifs is 3. The fourth-order valence-electron chi connectivity index (χ4n) is 6.28. The van der Waals surface area contributed by atoms with Gasteiger partial charge in [-0.25, -0.2) is 19.3 Å². The standard InChI is InChI=1S/C24H22N4O3.C11H10INO2.C3H2F6.CH4/c1-13-17-11-26-21(28-22(29)14-3-4-14)10-16(17)18(12-25-13)23-27-19-9-15(5-6-20(19)31-23)24(30)7-2-8-24;12-10-13-8-6-7(2-3-9(8)15-10)11(14)4-1-5-11;4-1-2(5,6)3(7,8)9;/h5-6,9-12,14,30H,2-4,7-8H2,1H3,(H,26,28,29);2-3,6,14H,1,4-5H2;1H2;1H4. The van der Waals surface area contributed by atoms with Gasteiger partial charge in [0.25, 0.3) is 3.90 Å². The molecule has 4 heterocycles. The maximum atomic E-state index is 12.2. The average Bonchev–Trinajstić information content (AvgIpc) is 3.79. The number of carbonyl (C=O) groups excluding carboxylic acids is 1. The van der Waals surface area contributed by atoms with Crippen molar-refractivity contribution in [3.8, 4) is 11.5 Å². The van der Waals surface area contributed by atoms with Crippen LogP contribution >= 0.6 is 22.6 Å². The molecule has 6 aromatic rings. The summed E-state index contributed by atoms with van der Waals surface area (Å²) in [5.74, 6) is -4.10. The van der Waals surface area contributed by atoms with Crippen molar-refractivity contribution >= 4 is 67.3 Å². The summed E-state index contributed by atoms with van der Waals surface area (Å²) >= 11 is 2.05. The minimum Gasteiger partial charge on any atom is -0.436 e. The van der Waals surface area contributed by atoms with E-state index in [9.17, 15) is 41.4 Å². The maximum absolute atomic E-state index is 12.2. The summed E-state index contributed by atoms with van der Waals surface area (Å²) in [4.78, 5) is 30.0. The molecule has 0 atom stereocenters. The van der Waals surface area contributed by atoms with Crippen LogP contribution in [0.15, 0.2) is 63.7 Å². The van der Waals surface area contributed by atoms with E-state index in [4.69, 9.17) is 13.8 Å². The number of nitrogens with zero attached hydrogens (tertiary/aromatic N) is 4. The number of anilines is 1. The van der Waals surface area contributed by atoms with Gasteiger partial charge in [0.2, 0.25) is 11.8 Å². The first kappa shape index (κ1) is 41.3. The lowest BCUT2D eigenvalue weighted by molar-refractivity contribution is -0.286. The Morgan fingerprint density at radius 1 is 0.857 bits per heavy atom. The highest BCUT2D eigenvalue weighted by molar-refractivity contribution is 14.1. The summed E-state index contributed by atoms with van der Waals surface area (Å²) in [6.45, 7) is -0.773. The quantitative estimate of drug-likeness (QED) is 0.110. The fourth-order valence-corrected chi connectivity index (χ4v) is 6.77. The molecule has 0 radical (unpaired) electrons. The number of amides is 1. The first-order valence-corrected chi connectivity index (χ1v) is 18.6. The third-order valence-electron chi connectivity index (χ3n) is 10.2. The van der Waals surface area contributed by atoms with E-state index in [0.29, 0.717) is 26.7 Å². The van der Waals surface area contributed by atoms with Crippen LogP contribution in [0.1, 0.15) is 75.6 Å². The first-order chi connectivity index (χ1) is 26.0. The van der Waals surface area contributed by atoms with Gasteiger partial charge in [0, 0.05) is 57.4 Å². The summed E-state index contributed by atoms with van der Waals surface area (Å²) < 4.78 is 77.7. The van der Waals surface area contributed by atoms with E-state index < -0.39 is 30.0 Å². The van der Waals surface area contributed by atoms with Gasteiger partial charge in [0.1, 0.15) is 16.9 Å². The van der Waals surface area contributed by atoms with Crippen LogP contribution in [0.5, 0.6) is 0 Å². The zero-order chi connectivity index (χ0) is 39.3.